The number of rotatable bonds is 6. The van der Waals surface area contributed by atoms with Gasteiger partial charge in [-0.25, -0.2) is 9.67 Å². The maximum Gasteiger partial charge on any atom is 0.257 e. The molecular weight excluding hydrogens is 366 g/mol. The maximum atomic E-state index is 12.7. The summed E-state index contributed by atoms with van der Waals surface area (Å²) in [4.78, 5) is 21.1. The van der Waals surface area contributed by atoms with Gasteiger partial charge < -0.3 is 10.1 Å². The van der Waals surface area contributed by atoms with E-state index in [0.29, 0.717) is 23.6 Å². The van der Waals surface area contributed by atoms with Crippen molar-refractivity contribution >= 4 is 22.6 Å². The highest BCUT2D eigenvalue weighted by Crippen LogP contribution is 2.21. The van der Waals surface area contributed by atoms with Crippen LogP contribution in [0.5, 0.6) is 5.75 Å². The molecule has 4 rings (SSSR count). The zero-order valence-corrected chi connectivity index (χ0v) is 16.2. The molecule has 1 N–H and O–H groups in total. The fraction of sp³-hybridized carbons (Fsp3) is 0.182. The lowest BCUT2D eigenvalue weighted by molar-refractivity contribution is 0.102. The van der Waals surface area contributed by atoms with E-state index in [9.17, 15) is 4.79 Å². The molecule has 0 aliphatic rings. The molecule has 0 saturated heterocycles. The second kappa shape index (κ2) is 8.10. The second-order valence-electron chi connectivity index (χ2n) is 6.95. The van der Waals surface area contributed by atoms with Gasteiger partial charge in [-0.05, 0) is 38.1 Å². The van der Waals surface area contributed by atoms with Gasteiger partial charge in [0.05, 0.1) is 11.8 Å². The topological polar surface area (TPSA) is 81.9 Å². The third-order valence-electron chi connectivity index (χ3n) is 4.40. The first-order valence-electron chi connectivity index (χ1n) is 9.36. The van der Waals surface area contributed by atoms with E-state index >= 15 is 0 Å². The molecule has 1 aromatic carbocycles. The minimum absolute atomic E-state index is 0.203. The number of carbonyl (C=O) groups is 1. The molecular formula is C22H21N5O2. The number of carbonyl (C=O) groups excluding carboxylic acids is 1. The lowest BCUT2D eigenvalue weighted by atomic mass is 10.2. The Balaban J connectivity index is 1.46. The molecule has 0 atom stereocenters. The van der Waals surface area contributed by atoms with Gasteiger partial charge in [0.15, 0.2) is 5.65 Å². The molecule has 0 unspecified atom stereocenters. The van der Waals surface area contributed by atoms with Crippen LogP contribution in [0.1, 0.15) is 35.8 Å². The third kappa shape index (κ3) is 4.24. The van der Waals surface area contributed by atoms with Gasteiger partial charge in [0.25, 0.3) is 5.91 Å². The summed E-state index contributed by atoms with van der Waals surface area (Å²) in [7, 11) is 0. The summed E-state index contributed by atoms with van der Waals surface area (Å²) in [6.45, 7) is 4.49. The van der Waals surface area contributed by atoms with Crippen molar-refractivity contribution in [2.24, 2.45) is 0 Å². The molecule has 0 saturated carbocycles. The molecule has 1 amide bonds. The molecule has 0 aliphatic heterocycles. The predicted molar refractivity (Wildman–Crippen MR) is 111 cm³/mol. The number of aromatic nitrogens is 4. The molecule has 0 spiro atoms. The van der Waals surface area contributed by atoms with Crippen molar-refractivity contribution in [1.29, 1.82) is 0 Å². The van der Waals surface area contributed by atoms with Gasteiger partial charge >= 0.3 is 0 Å². The quantitative estimate of drug-likeness (QED) is 0.535. The van der Waals surface area contributed by atoms with Crippen molar-refractivity contribution < 1.29 is 9.53 Å². The zero-order valence-electron chi connectivity index (χ0n) is 16.2. The smallest absolute Gasteiger partial charge is 0.257 e. The number of hydrogen-bond acceptors (Lipinski definition) is 5. The van der Waals surface area contributed by atoms with E-state index in [1.54, 1.807) is 36.9 Å². The molecule has 7 heteroatoms. The van der Waals surface area contributed by atoms with Crippen LogP contribution in [0.4, 0.5) is 5.69 Å². The first-order chi connectivity index (χ1) is 14.1. The lowest BCUT2D eigenvalue weighted by Crippen LogP contribution is -2.12. The van der Waals surface area contributed by atoms with Gasteiger partial charge in [-0.2, -0.15) is 5.10 Å². The van der Waals surface area contributed by atoms with E-state index in [0.717, 1.165) is 16.6 Å². The van der Waals surface area contributed by atoms with Gasteiger partial charge in [-0.1, -0.05) is 12.1 Å². The van der Waals surface area contributed by atoms with Crippen LogP contribution < -0.4 is 10.1 Å². The number of amides is 1. The van der Waals surface area contributed by atoms with E-state index in [1.807, 2.05) is 48.9 Å². The Hall–Kier alpha value is -3.74. The van der Waals surface area contributed by atoms with Crippen LogP contribution in [0.2, 0.25) is 0 Å². The number of anilines is 1. The summed E-state index contributed by atoms with van der Waals surface area (Å²) in [6, 6.07) is 13.1. The molecule has 29 heavy (non-hydrogen) atoms. The Morgan fingerprint density at radius 2 is 2.03 bits per heavy atom. The van der Waals surface area contributed by atoms with E-state index in [1.165, 1.54) is 0 Å². The molecule has 0 fully saturated rings. The molecule has 7 nitrogen and oxygen atoms in total. The Morgan fingerprint density at radius 1 is 1.14 bits per heavy atom. The van der Waals surface area contributed by atoms with Crippen molar-refractivity contribution in [1.82, 2.24) is 19.7 Å². The molecule has 146 valence electrons. The lowest BCUT2D eigenvalue weighted by Gasteiger charge is -2.10. The minimum atomic E-state index is -0.235. The molecule has 4 aromatic rings. The highest BCUT2D eigenvalue weighted by atomic mass is 16.5. The average Bonchev–Trinajstić information content (AvgIpc) is 3.17. The van der Waals surface area contributed by atoms with Gasteiger partial charge in [0.1, 0.15) is 12.4 Å². The summed E-state index contributed by atoms with van der Waals surface area (Å²) in [5.41, 5.74) is 2.87. The average molecular weight is 387 g/mol. The number of ether oxygens (including phenoxy) is 1. The Bertz CT molecular complexity index is 1140. The summed E-state index contributed by atoms with van der Waals surface area (Å²) in [6.07, 6.45) is 6.78. The molecule has 0 aliphatic carbocycles. The Labute approximate surface area is 168 Å². The summed E-state index contributed by atoms with van der Waals surface area (Å²) in [5.74, 6) is 0.430. The van der Waals surface area contributed by atoms with Crippen molar-refractivity contribution in [3.8, 4) is 5.75 Å². The van der Waals surface area contributed by atoms with Crippen LogP contribution >= 0.6 is 0 Å². The van der Waals surface area contributed by atoms with Gasteiger partial charge in [0, 0.05) is 47.3 Å². The van der Waals surface area contributed by atoms with E-state index in [-0.39, 0.29) is 11.9 Å². The largest absolute Gasteiger partial charge is 0.489 e. The third-order valence-corrected chi connectivity index (χ3v) is 4.40. The fourth-order valence-corrected chi connectivity index (χ4v) is 2.96. The molecule has 3 aromatic heterocycles. The first-order valence-corrected chi connectivity index (χ1v) is 9.36. The van der Waals surface area contributed by atoms with Crippen LogP contribution in [0.3, 0.4) is 0 Å². The van der Waals surface area contributed by atoms with Crippen LogP contribution in [0, 0.1) is 0 Å². The van der Waals surface area contributed by atoms with E-state index in [2.05, 4.69) is 20.4 Å². The van der Waals surface area contributed by atoms with Gasteiger partial charge in [-0.3, -0.25) is 9.78 Å². The van der Waals surface area contributed by atoms with Crippen LogP contribution in [-0.4, -0.2) is 25.7 Å². The number of nitrogens with zero attached hydrogens (tertiary/aromatic N) is 4. The minimum Gasteiger partial charge on any atom is -0.489 e. The summed E-state index contributed by atoms with van der Waals surface area (Å²) >= 11 is 0. The van der Waals surface area contributed by atoms with Crippen molar-refractivity contribution in [3.05, 3.63) is 78.4 Å². The second-order valence-corrected chi connectivity index (χ2v) is 6.95. The SMILES string of the molecule is CC(C)n1ncc2cc(C(=O)Nc3cccc(OCc4cccnc4)c3)cnc21. The van der Waals surface area contributed by atoms with Crippen molar-refractivity contribution in [2.75, 3.05) is 5.32 Å². The standard InChI is InChI=1S/C22H21N5O2/c1-15(2)27-21-17(13-25-27)9-18(12-24-21)22(28)26-19-6-3-7-20(10-19)29-14-16-5-4-8-23-11-16/h3-13,15H,14H2,1-2H3,(H,26,28). The monoisotopic (exact) mass is 387 g/mol. The number of hydrogen-bond donors (Lipinski definition) is 1. The van der Waals surface area contributed by atoms with Crippen molar-refractivity contribution in [3.63, 3.8) is 0 Å². The maximum absolute atomic E-state index is 12.7. The Kier molecular flexibility index (Phi) is 5.20. The normalized spacial score (nSPS) is 11.0. The van der Waals surface area contributed by atoms with E-state index in [4.69, 9.17) is 4.74 Å². The highest BCUT2D eigenvalue weighted by Gasteiger charge is 2.12. The van der Waals surface area contributed by atoms with Gasteiger partial charge in [-0.15, -0.1) is 0 Å². The molecule has 0 bridgehead atoms. The Morgan fingerprint density at radius 3 is 2.83 bits per heavy atom. The fourth-order valence-electron chi connectivity index (χ4n) is 2.96. The zero-order chi connectivity index (χ0) is 20.2. The van der Waals surface area contributed by atoms with Gasteiger partial charge in [0.2, 0.25) is 0 Å². The van der Waals surface area contributed by atoms with Crippen LogP contribution in [0.15, 0.2) is 67.3 Å². The number of fused-ring (bicyclic) bond motifs is 1. The van der Waals surface area contributed by atoms with Crippen LogP contribution in [0.25, 0.3) is 11.0 Å². The number of nitrogens with one attached hydrogen (secondary N) is 1. The molecule has 0 radical (unpaired) electrons. The van der Waals surface area contributed by atoms with Crippen molar-refractivity contribution in [2.45, 2.75) is 26.5 Å². The first kappa shape index (κ1) is 18.6. The number of pyridine rings is 2. The summed E-state index contributed by atoms with van der Waals surface area (Å²) < 4.78 is 7.62. The predicted octanol–water partition coefficient (Wildman–Crippen LogP) is 4.24. The highest BCUT2D eigenvalue weighted by molar-refractivity contribution is 6.05. The molecule has 3 heterocycles. The number of benzene rings is 1. The van der Waals surface area contributed by atoms with E-state index < -0.39 is 0 Å². The summed E-state index contributed by atoms with van der Waals surface area (Å²) in [5, 5.41) is 8.06. The van der Waals surface area contributed by atoms with Crippen LogP contribution in [-0.2, 0) is 6.61 Å².